The summed E-state index contributed by atoms with van der Waals surface area (Å²) >= 11 is 3.39. The predicted molar refractivity (Wildman–Crippen MR) is 73.2 cm³/mol. The third kappa shape index (κ3) is 2.08. The van der Waals surface area contributed by atoms with E-state index in [2.05, 4.69) is 12.1 Å². The normalized spacial score (nSPS) is 17.5. The summed E-state index contributed by atoms with van der Waals surface area (Å²) in [5.74, 6) is -0.673. The Morgan fingerprint density at radius 2 is 1.88 bits per heavy atom. The van der Waals surface area contributed by atoms with Crippen molar-refractivity contribution in [3.63, 3.8) is 0 Å². The van der Waals surface area contributed by atoms with Crippen LogP contribution in [0.15, 0.2) is 28.0 Å². The van der Waals surface area contributed by atoms with Gasteiger partial charge in [0.15, 0.2) is 0 Å². The molecule has 4 heteroatoms. The lowest BCUT2D eigenvalue weighted by Crippen LogP contribution is -2.42. The van der Waals surface area contributed by atoms with E-state index in [9.17, 15) is 9.90 Å². The third-order valence-electron chi connectivity index (χ3n) is 3.55. The molecule has 2 rings (SSSR count). The minimum atomic E-state index is -0.673. The molecule has 1 aromatic rings. The molecule has 0 heterocycles. The number of carbonyl (C=O) groups is 1. The number of carboxylic acid groups (broad SMARTS) is 1. The highest BCUT2D eigenvalue weighted by Gasteiger charge is 2.46. The summed E-state index contributed by atoms with van der Waals surface area (Å²) < 4.78 is 0. The Morgan fingerprint density at radius 3 is 2.29 bits per heavy atom. The summed E-state index contributed by atoms with van der Waals surface area (Å²) in [6.45, 7) is 0. The number of aliphatic carboxylic acids is 1. The van der Waals surface area contributed by atoms with Gasteiger partial charge in [-0.1, -0.05) is 12.5 Å². The van der Waals surface area contributed by atoms with Crippen molar-refractivity contribution in [2.24, 2.45) is 0 Å². The van der Waals surface area contributed by atoms with E-state index in [0.717, 1.165) is 24.8 Å². The molecule has 0 spiro atoms. The van der Waals surface area contributed by atoms with Crippen LogP contribution in [0.4, 0.5) is 0 Å². The summed E-state index contributed by atoms with van der Waals surface area (Å²) in [7, 11) is 0. The summed E-state index contributed by atoms with van der Waals surface area (Å²) in [6.07, 6.45) is 6.65. The van der Waals surface area contributed by atoms with Crippen molar-refractivity contribution < 1.29 is 9.90 Å². The molecule has 0 unspecified atom stereocenters. The molecule has 0 saturated heterocycles. The first-order chi connectivity index (χ1) is 8.14. The molecule has 17 heavy (non-hydrogen) atoms. The zero-order valence-electron chi connectivity index (χ0n) is 10.0. The number of rotatable bonds is 4. The van der Waals surface area contributed by atoms with Crippen LogP contribution in [0.5, 0.6) is 0 Å². The van der Waals surface area contributed by atoms with Crippen molar-refractivity contribution in [3.8, 4) is 0 Å². The second kappa shape index (κ2) is 4.94. The van der Waals surface area contributed by atoms with E-state index in [-0.39, 0.29) is 0 Å². The van der Waals surface area contributed by atoms with Crippen molar-refractivity contribution in [2.45, 2.75) is 34.5 Å². The lowest BCUT2D eigenvalue weighted by atomic mass is 9.64. The minimum Gasteiger partial charge on any atom is -0.481 e. The van der Waals surface area contributed by atoms with Crippen molar-refractivity contribution in [1.29, 1.82) is 0 Å². The van der Waals surface area contributed by atoms with Gasteiger partial charge in [0.1, 0.15) is 0 Å². The highest BCUT2D eigenvalue weighted by molar-refractivity contribution is 8.01. The minimum absolute atomic E-state index is 0.610. The van der Waals surface area contributed by atoms with Crippen LogP contribution in [0.2, 0.25) is 0 Å². The quantitative estimate of drug-likeness (QED) is 0.846. The Labute approximate surface area is 110 Å². The van der Waals surface area contributed by atoms with Gasteiger partial charge < -0.3 is 5.11 Å². The predicted octanol–water partition coefficient (Wildman–Crippen LogP) is 3.64. The van der Waals surface area contributed by atoms with Crippen molar-refractivity contribution in [2.75, 3.05) is 12.5 Å². The van der Waals surface area contributed by atoms with Gasteiger partial charge in [0.25, 0.3) is 0 Å². The fraction of sp³-hybridized carbons (Fsp3) is 0.462. The van der Waals surface area contributed by atoms with E-state index >= 15 is 0 Å². The Balaban J connectivity index is 2.42. The monoisotopic (exact) mass is 268 g/mol. The molecule has 1 aromatic carbocycles. The molecule has 0 amide bonds. The molecule has 0 aromatic heterocycles. The maximum Gasteiger partial charge on any atom is 0.314 e. The van der Waals surface area contributed by atoms with E-state index in [1.54, 1.807) is 23.5 Å². The summed E-state index contributed by atoms with van der Waals surface area (Å²) in [5, 5.41) is 9.42. The molecule has 1 aliphatic rings. The van der Waals surface area contributed by atoms with Crippen LogP contribution >= 0.6 is 23.5 Å². The summed E-state index contributed by atoms with van der Waals surface area (Å²) in [5.41, 5.74) is 0.361. The van der Waals surface area contributed by atoms with Crippen molar-refractivity contribution >= 4 is 29.5 Å². The maximum absolute atomic E-state index is 11.4. The summed E-state index contributed by atoms with van der Waals surface area (Å²) in [6, 6.07) is 6.09. The standard InChI is InChI=1S/C13H16O2S2/c1-16-10-5-4-9(8-11(10)17-2)13(12(14)15)6-3-7-13/h4-5,8H,3,6-7H2,1-2H3,(H,14,15). The number of thioether (sulfide) groups is 2. The molecule has 1 fully saturated rings. The van der Waals surface area contributed by atoms with Crippen LogP contribution in [-0.4, -0.2) is 23.6 Å². The molecule has 1 N–H and O–H groups in total. The largest absolute Gasteiger partial charge is 0.481 e. The van der Waals surface area contributed by atoms with Crippen LogP contribution < -0.4 is 0 Å². The summed E-state index contributed by atoms with van der Waals surface area (Å²) in [4.78, 5) is 13.9. The Kier molecular flexibility index (Phi) is 3.73. The lowest BCUT2D eigenvalue weighted by molar-refractivity contribution is -0.147. The first kappa shape index (κ1) is 12.8. The Hall–Kier alpha value is -0.610. The van der Waals surface area contributed by atoms with Gasteiger partial charge in [-0.3, -0.25) is 4.79 Å². The smallest absolute Gasteiger partial charge is 0.314 e. The van der Waals surface area contributed by atoms with Crippen molar-refractivity contribution in [1.82, 2.24) is 0 Å². The average Bonchev–Trinajstić information content (AvgIpc) is 2.26. The Morgan fingerprint density at radius 1 is 1.24 bits per heavy atom. The van der Waals surface area contributed by atoms with Gasteiger partial charge in [-0.25, -0.2) is 0 Å². The van der Waals surface area contributed by atoms with Crippen molar-refractivity contribution in [3.05, 3.63) is 23.8 Å². The van der Waals surface area contributed by atoms with Gasteiger partial charge in [-0.15, -0.1) is 23.5 Å². The van der Waals surface area contributed by atoms with Crippen LogP contribution in [0, 0.1) is 0 Å². The molecule has 0 radical (unpaired) electrons. The lowest BCUT2D eigenvalue weighted by Gasteiger charge is -2.38. The van der Waals surface area contributed by atoms with Gasteiger partial charge in [0.05, 0.1) is 5.41 Å². The second-order valence-corrected chi connectivity index (χ2v) is 6.01. The van der Waals surface area contributed by atoms with Gasteiger partial charge in [0.2, 0.25) is 0 Å². The molecule has 0 bridgehead atoms. The van der Waals surface area contributed by atoms with E-state index in [0.29, 0.717) is 0 Å². The molecule has 0 atom stereocenters. The number of carboxylic acids is 1. The molecule has 0 aliphatic heterocycles. The number of hydrogen-bond donors (Lipinski definition) is 1. The fourth-order valence-electron chi connectivity index (χ4n) is 2.29. The fourth-order valence-corrected chi connectivity index (χ4v) is 3.77. The SMILES string of the molecule is CSc1ccc(C2(C(=O)O)CCC2)cc1SC. The van der Waals surface area contributed by atoms with Crippen LogP contribution in [0.3, 0.4) is 0 Å². The van der Waals surface area contributed by atoms with E-state index in [1.807, 2.05) is 18.6 Å². The molecule has 2 nitrogen and oxygen atoms in total. The second-order valence-electron chi connectivity index (χ2n) is 4.31. The molecule has 1 aliphatic carbocycles. The molecular weight excluding hydrogens is 252 g/mol. The highest BCUT2D eigenvalue weighted by Crippen LogP contribution is 2.45. The molecular formula is C13H16O2S2. The Bertz CT molecular complexity index is 439. The van der Waals surface area contributed by atoms with E-state index in [4.69, 9.17) is 0 Å². The van der Waals surface area contributed by atoms with Gasteiger partial charge in [-0.05, 0) is 43.0 Å². The zero-order chi connectivity index (χ0) is 12.5. The average molecular weight is 268 g/mol. The van der Waals surface area contributed by atoms with Gasteiger partial charge >= 0.3 is 5.97 Å². The van der Waals surface area contributed by atoms with Gasteiger partial charge in [-0.2, -0.15) is 0 Å². The maximum atomic E-state index is 11.4. The third-order valence-corrected chi connectivity index (χ3v) is 5.26. The first-order valence-corrected chi connectivity index (χ1v) is 8.05. The van der Waals surface area contributed by atoms with Crippen LogP contribution in [0.25, 0.3) is 0 Å². The van der Waals surface area contributed by atoms with Crippen LogP contribution in [0.1, 0.15) is 24.8 Å². The number of benzene rings is 1. The topological polar surface area (TPSA) is 37.3 Å². The first-order valence-electron chi connectivity index (χ1n) is 5.60. The van der Waals surface area contributed by atoms with E-state index in [1.165, 1.54) is 9.79 Å². The molecule has 92 valence electrons. The van der Waals surface area contributed by atoms with E-state index < -0.39 is 11.4 Å². The van der Waals surface area contributed by atoms with Crippen LogP contribution in [-0.2, 0) is 10.2 Å². The number of hydrogen-bond acceptors (Lipinski definition) is 3. The zero-order valence-corrected chi connectivity index (χ0v) is 11.7. The molecule has 1 saturated carbocycles. The van der Waals surface area contributed by atoms with Gasteiger partial charge in [0, 0.05) is 9.79 Å². The highest BCUT2D eigenvalue weighted by atomic mass is 32.2.